The fourth-order valence-corrected chi connectivity index (χ4v) is 9.48. The third-order valence-electron chi connectivity index (χ3n) is 9.82. The molecule has 7 rings (SSSR count). The molecule has 2 aliphatic carbocycles. The van der Waals surface area contributed by atoms with Crippen molar-refractivity contribution in [3.63, 3.8) is 0 Å². The summed E-state index contributed by atoms with van der Waals surface area (Å²) in [5, 5.41) is 6.84. The fraction of sp³-hybridized carbons (Fsp3) is 0.424. The van der Waals surface area contributed by atoms with E-state index in [2.05, 4.69) is 53.1 Å². The van der Waals surface area contributed by atoms with Crippen LogP contribution in [0.1, 0.15) is 78.4 Å². The molecule has 2 N–H and O–H groups in total. The minimum absolute atomic E-state index is 0.171. The SMILES string of the molecule is O=C(Nc1ccc(S(=O)(=O)N2CCCCCC2)cc1)c1ccc2c(c1)[C@@H]1[C@H]3CC[C@@H](C3)[C@H]1[C@H](c1ccccc1)N2. The first-order chi connectivity index (χ1) is 19.5. The lowest BCUT2D eigenvalue weighted by Crippen LogP contribution is -2.35. The molecule has 0 spiro atoms. The van der Waals surface area contributed by atoms with Gasteiger partial charge in [-0.1, -0.05) is 43.2 Å². The lowest BCUT2D eigenvalue weighted by atomic mass is 9.68. The summed E-state index contributed by atoms with van der Waals surface area (Å²) >= 11 is 0. The van der Waals surface area contributed by atoms with Gasteiger partial charge in [-0.15, -0.1) is 0 Å². The van der Waals surface area contributed by atoms with E-state index < -0.39 is 10.0 Å². The average Bonchev–Trinajstić information content (AvgIpc) is 3.50. The van der Waals surface area contributed by atoms with Gasteiger partial charge in [-0.05, 0) is 109 Å². The first kappa shape index (κ1) is 25.8. The van der Waals surface area contributed by atoms with Crippen LogP contribution in [0.25, 0.3) is 0 Å². The van der Waals surface area contributed by atoms with E-state index in [0.29, 0.717) is 48.1 Å². The lowest BCUT2D eigenvalue weighted by molar-refractivity contribution is 0.102. The zero-order valence-electron chi connectivity index (χ0n) is 22.8. The van der Waals surface area contributed by atoms with E-state index in [0.717, 1.165) is 37.3 Å². The van der Waals surface area contributed by atoms with Crippen LogP contribution < -0.4 is 10.6 Å². The summed E-state index contributed by atoms with van der Waals surface area (Å²) in [5.74, 6) is 2.25. The highest BCUT2D eigenvalue weighted by Crippen LogP contribution is 2.63. The Kier molecular flexibility index (Phi) is 6.67. The molecule has 40 heavy (non-hydrogen) atoms. The van der Waals surface area contributed by atoms with E-state index in [1.165, 1.54) is 30.4 Å². The summed E-state index contributed by atoms with van der Waals surface area (Å²) < 4.78 is 27.8. The third-order valence-corrected chi connectivity index (χ3v) is 11.7. The minimum atomic E-state index is -3.52. The smallest absolute Gasteiger partial charge is 0.255 e. The zero-order valence-corrected chi connectivity index (χ0v) is 23.6. The highest BCUT2D eigenvalue weighted by molar-refractivity contribution is 7.89. The molecule has 5 atom stereocenters. The van der Waals surface area contributed by atoms with Crippen LogP contribution in [0.15, 0.2) is 77.7 Å². The van der Waals surface area contributed by atoms with Crippen molar-refractivity contribution in [2.24, 2.45) is 17.8 Å². The van der Waals surface area contributed by atoms with Crippen LogP contribution >= 0.6 is 0 Å². The topological polar surface area (TPSA) is 78.5 Å². The van der Waals surface area contributed by atoms with Gasteiger partial charge in [0.1, 0.15) is 0 Å². The summed E-state index contributed by atoms with van der Waals surface area (Å²) in [7, 11) is -3.52. The van der Waals surface area contributed by atoms with Gasteiger partial charge in [-0.2, -0.15) is 4.31 Å². The highest BCUT2D eigenvalue weighted by Gasteiger charge is 2.53. The first-order valence-electron chi connectivity index (χ1n) is 14.9. The number of benzene rings is 3. The molecule has 6 nitrogen and oxygen atoms in total. The molecule has 1 amide bonds. The highest BCUT2D eigenvalue weighted by atomic mass is 32.2. The lowest BCUT2D eigenvalue weighted by Gasteiger charge is -2.43. The number of rotatable bonds is 5. The normalized spacial score (nSPS) is 27.8. The van der Waals surface area contributed by atoms with Gasteiger partial charge in [0.25, 0.3) is 5.91 Å². The molecule has 208 valence electrons. The van der Waals surface area contributed by atoms with Crippen molar-refractivity contribution in [1.82, 2.24) is 4.31 Å². The van der Waals surface area contributed by atoms with Crippen LogP contribution in [-0.4, -0.2) is 31.7 Å². The Labute approximate surface area is 237 Å². The molecule has 7 heteroatoms. The van der Waals surface area contributed by atoms with Crippen molar-refractivity contribution in [2.75, 3.05) is 23.7 Å². The largest absolute Gasteiger partial charge is 0.378 e. The van der Waals surface area contributed by atoms with Crippen molar-refractivity contribution in [1.29, 1.82) is 0 Å². The zero-order chi connectivity index (χ0) is 27.3. The Bertz CT molecular complexity index is 1500. The Morgan fingerprint density at radius 2 is 1.57 bits per heavy atom. The number of hydrogen-bond acceptors (Lipinski definition) is 4. The molecule has 3 fully saturated rings. The average molecular weight is 556 g/mol. The molecule has 2 aliphatic heterocycles. The van der Waals surface area contributed by atoms with Crippen LogP contribution in [-0.2, 0) is 10.0 Å². The molecule has 0 aromatic heterocycles. The molecule has 2 heterocycles. The van der Waals surface area contributed by atoms with E-state index in [-0.39, 0.29) is 10.8 Å². The maximum Gasteiger partial charge on any atom is 0.255 e. The van der Waals surface area contributed by atoms with Crippen molar-refractivity contribution < 1.29 is 13.2 Å². The van der Waals surface area contributed by atoms with Gasteiger partial charge in [0, 0.05) is 30.0 Å². The summed E-state index contributed by atoms with van der Waals surface area (Å²) in [5.41, 5.74) is 5.00. The molecule has 2 saturated carbocycles. The molecular formula is C33H37N3O3S. The minimum Gasteiger partial charge on any atom is -0.378 e. The van der Waals surface area contributed by atoms with Crippen LogP contribution in [0.3, 0.4) is 0 Å². The molecule has 0 unspecified atom stereocenters. The fourth-order valence-electron chi connectivity index (χ4n) is 7.96. The Morgan fingerprint density at radius 3 is 2.33 bits per heavy atom. The van der Waals surface area contributed by atoms with Crippen molar-refractivity contribution in [3.05, 3.63) is 89.5 Å². The number of amides is 1. The van der Waals surface area contributed by atoms with Crippen molar-refractivity contribution >= 4 is 27.3 Å². The number of carbonyl (C=O) groups is 1. The number of fused-ring (bicyclic) bond motifs is 7. The Morgan fingerprint density at radius 1 is 0.850 bits per heavy atom. The predicted octanol–water partition coefficient (Wildman–Crippen LogP) is 6.80. The van der Waals surface area contributed by atoms with E-state index in [1.54, 1.807) is 28.6 Å². The van der Waals surface area contributed by atoms with Crippen LogP contribution in [0.4, 0.5) is 11.4 Å². The first-order valence-corrected chi connectivity index (χ1v) is 16.3. The van der Waals surface area contributed by atoms with Gasteiger partial charge in [0.2, 0.25) is 10.0 Å². The van der Waals surface area contributed by atoms with Crippen molar-refractivity contribution in [3.8, 4) is 0 Å². The summed E-state index contributed by atoms with van der Waals surface area (Å²) in [6, 6.07) is 23.8. The Balaban J connectivity index is 1.11. The summed E-state index contributed by atoms with van der Waals surface area (Å²) in [4.78, 5) is 13.6. The van der Waals surface area contributed by atoms with Crippen LogP contribution in [0.2, 0.25) is 0 Å². The second-order valence-corrected chi connectivity index (χ2v) is 14.0. The number of anilines is 2. The molecule has 2 bridgehead atoms. The van der Waals surface area contributed by atoms with Gasteiger partial charge in [-0.3, -0.25) is 4.79 Å². The molecule has 3 aromatic carbocycles. The quantitative estimate of drug-likeness (QED) is 0.363. The van der Waals surface area contributed by atoms with Gasteiger partial charge < -0.3 is 10.6 Å². The van der Waals surface area contributed by atoms with Crippen LogP contribution in [0, 0.1) is 17.8 Å². The second kappa shape index (κ2) is 10.3. The van der Waals surface area contributed by atoms with E-state index in [1.807, 2.05) is 6.07 Å². The standard InChI is InChI=1S/C33H37N3O3S/c37-33(34-26-13-15-27(16-14-26)40(38,39)36-18-6-1-2-7-19-36)25-12-17-29-28(21-25)30-23-10-11-24(20-23)31(30)32(35-29)22-8-4-3-5-9-22/h3-5,8-9,12-17,21,23-24,30-32,35H,1-2,6-7,10-11,18-20H2,(H,34,37)/t23-,24-,30-,31+,32-/m0/s1. The number of hydrogen-bond donors (Lipinski definition) is 2. The summed E-state index contributed by atoms with van der Waals surface area (Å²) in [6.45, 7) is 1.15. The van der Waals surface area contributed by atoms with Gasteiger partial charge in [0.05, 0.1) is 10.9 Å². The second-order valence-electron chi connectivity index (χ2n) is 12.1. The van der Waals surface area contributed by atoms with Gasteiger partial charge in [-0.25, -0.2) is 8.42 Å². The Hall–Kier alpha value is -3.16. The van der Waals surface area contributed by atoms with Crippen LogP contribution in [0.5, 0.6) is 0 Å². The maximum atomic E-state index is 13.3. The van der Waals surface area contributed by atoms with E-state index in [4.69, 9.17) is 0 Å². The number of sulfonamides is 1. The molecule has 3 aromatic rings. The van der Waals surface area contributed by atoms with Gasteiger partial charge >= 0.3 is 0 Å². The maximum absolute atomic E-state index is 13.3. The number of carbonyl (C=O) groups excluding carboxylic acids is 1. The molecule has 0 radical (unpaired) electrons. The molecular weight excluding hydrogens is 518 g/mol. The predicted molar refractivity (Wildman–Crippen MR) is 158 cm³/mol. The number of nitrogens with one attached hydrogen (secondary N) is 2. The van der Waals surface area contributed by atoms with E-state index in [9.17, 15) is 13.2 Å². The third kappa shape index (κ3) is 4.53. The monoisotopic (exact) mass is 555 g/mol. The summed E-state index contributed by atoms with van der Waals surface area (Å²) in [6.07, 6.45) is 7.81. The van der Waals surface area contributed by atoms with E-state index >= 15 is 0 Å². The van der Waals surface area contributed by atoms with Crippen molar-refractivity contribution in [2.45, 2.75) is 61.8 Å². The molecule has 4 aliphatic rings. The number of nitrogens with zero attached hydrogens (tertiary/aromatic N) is 1. The molecule has 1 saturated heterocycles. The van der Waals surface area contributed by atoms with Gasteiger partial charge in [0.15, 0.2) is 0 Å².